The smallest absolute Gasteiger partial charge is 0.131 e. The molecule has 0 fully saturated rings. The van der Waals surface area contributed by atoms with Crippen molar-refractivity contribution in [1.82, 2.24) is 0 Å². The van der Waals surface area contributed by atoms with Crippen LogP contribution in [0.1, 0.15) is 31.9 Å². The highest BCUT2D eigenvalue weighted by Crippen LogP contribution is 2.40. The molecule has 0 aliphatic heterocycles. The molecular weight excluding hydrogens is 266 g/mol. The van der Waals surface area contributed by atoms with Gasteiger partial charge in [0.1, 0.15) is 17.2 Å². The predicted molar refractivity (Wildman–Crippen MR) is 79.7 cm³/mol. The summed E-state index contributed by atoms with van der Waals surface area (Å²) in [6.07, 6.45) is 1.000. The summed E-state index contributed by atoms with van der Waals surface area (Å²) in [5.41, 5.74) is 7.19. The number of rotatable bonds is 6. The lowest BCUT2D eigenvalue weighted by Gasteiger charge is -2.23. The molecule has 19 heavy (non-hydrogen) atoms. The van der Waals surface area contributed by atoms with Crippen LogP contribution in [0.3, 0.4) is 0 Å². The zero-order valence-electron chi connectivity index (χ0n) is 12.2. The molecule has 0 aliphatic carbocycles. The molecule has 4 nitrogen and oxygen atoms in total. The van der Waals surface area contributed by atoms with Crippen molar-refractivity contribution in [2.45, 2.75) is 26.3 Å². The van der Waals surface area contributed by atoms with E-state index in [1.165, 1.54) is 0 Å². The van der Waals surface area contributed by atoms with Gasteiger partial charge in [0, 0.05) is 18.2 Å². The average Bonchev–Trinajstić information content (AvgIpc) is 2.43. The third-order valence-corrected chi connectivity index (χ3v) is 3.34. The van der Waals surface area contributed by atoms with E-state index in [1.54, 1.807) is 21.3 Å². The van der Waals surface area contributed by atoms with Gasteiger partial charge in [-0.15, -0.1) is 12.4 Å². The van der Waals surface area contributed by atoms with Crippen molar-refractivity contribution in [3.05, 3.63) is 17.7 Å². The van der Waals surface area contributed by atoms with E-state index in [4.69, 9.17) is 19.9 Å². The highest BCUT2D eigenvalue weighted by Gasteiger charge is 2.23. The highest BCUT2D eigenvalue weighted by atomic mass is 35.5. The van der Waals surface area contributed by atoms with E-state index in [0.29, 0.717) is 23.2 Å². The molecule has 0 saturated carbocycles. The number of halogens is 1. The fourth-order valence-electron chi connectivity index (χ4n) is 1.90. The molecule has 1 unspecified atom stereocenters. The SMILES string of the molecule is CCC(C)[C@H](N)c1c(OC)cc(OC)cc1OC.Cl. The van der Waals surface area contributed by atoms with Crippen LogP contribution in [0.15, 0.2) is 12.1 Å². The second-order valence-electron chi connectivity index (χ2n) is 4.36. The molecule has 1 rings (SSSR count). The van der Waals surface area contributed by atoms with Gasteiger partial charge in [-0.1, -0.05) is 20.3 Å². The Kier molecular flexibility index (Phi) is 7.64. The first-order valence-corrected chi connectivity index (χ1v) is 6.14. The summed E-state index contributed by atoms with van der Waals surface area (Å²) < 4.78 is 16.0. The summed E-state index contributed by atoms with van der Waals surface area (Å²) in [6.45, 7) is 4.24. The Balaban J connectivity index is 0.00000324. The maximum Gasteiger partial charge on any atom is 0.131 e. The number of hydrogen-bond donors (Lipinski definition) is 1. The maximum absolute atomic E-state index is 6.29. The van der Waals surface area contributed by atoms with E-state index >= 15 is 0 Å². The molecule has 0 radical (unpaired) electrons. The minimum absolute atomic E-state index is 0. The lowest BCUT2D eigenvalue weighted by molar-refractivity contribution is 0.350. The first kappa shape index (κ1) is 17.9. The molecule has 0 aliphatic rings. The van der Waals surface area contributed by atoms with Gasteiger partial charge >= 0.3 is 0 Å². The highest BCUT2D eigenvalue weighted by molar-refractivity contribution is 5.85. The first-order chi connectivity index (χ1) is 8.58. The zero-order chi connectivity index (χ0) is 13.7. The second-order valence-corrected chi connectivity index (χ2v) is 4.36. The Morgan fingerprint density at radius 1 is 1.05 bits per heavy atom. The van der Waals surface area contributed by atoms with Crippen molar-refractivity contribution in [2.75, 3.05) is 21.3 Å². The van der Waals surface area contributed by atoms with Crippen molar-refractivity contribution in [3.63, 3.8) is 0 Å². The molecule has 0 heterocycles. The molecule has 1 aromatic rings. The Morgan fingerprint density at radius 3 is 1.84 bits per heavy atom. The zero-order valence-corrected chi connectivity index (χ0v) is 13.0. The molecule has 0 aromatic heterocycles. The van der Waals surface area contributed by atoms with Crippen LogP contribution in [0.5, 0.6) is 17.2 Å². The van der Waals surface area contributed by atoms with E-state index in [0.717, 1.165) is 12.0 Å². The van der Waals surface area contributed by atoms with Crippen molar-refractivity contribution < 1.29 is 14.2 Å². The molecule has 110 valence electrons. The monoisotopic (exact) mass is 289 g/mol. The number of methoxy groups -OCH3 is 3. The van der Waals surface area contributed by atoms with Crippen LogP contribution >= 0.6 is 12.4 Å². The number of hydrogen-bond acceptors (Lipinski definition) is 4. The molecular formula is C14H24ClNO3. The van der Waals surface area contributed by atoms with Gasteiger partial charge in [-0.05, 0) is 5.92 Å². The van der Waals surface area contributed by atoms with E-state index in [1.807, 2.05) is 12.1 Å². The average molecular weight is 290 g/mol. The Morgan fingerprint density at radius 2 is 1.53 bits per heavy atom. The normalized spacial score (nSPS) is 13.2. The van der Waals surface area contributed by atoms with Crippen LogP contribution in [-0.2, 0) is 0 Å². The van der Waals surface area contributed by atoms with Crippen molar-refractivity contribution >= 4 is 12.4 Å². The van der Waals surface area contributed by atoms with Gasteiger partial charge in [0.2, 0.25) is 0 Å². The van der Waals surface area contributed by atoms with Gasteiger partial charge in [-0.25, -0.2) is 0 Å². The second kappa shape index (κ2) is 8.12. The molecule has 0 bridgehead atoms. The fraction of sp³-hybridized carbons (Fsp3) is 0.571. The van der Waals surface area contributed by atoms with Crippen molar-refractivity contribution in [1.29, 1.82) is 0 Å². The first-order valence-electron chi connectivity index (χ1n) is 6.14. The predicted octanol–water partition coefficient (Wildman–Crippen LogP) is 3.18. The van der Waals surface area contributed by atoms with Gasteiger partial charge in [-0.3, -0.25) is 0 Å². The van der Waals surface area contributed by atoms with Crippen molar-refractivity contribution in [2.24, 2.45) is 11.7 Å². The third kappa shape index (κ3) is 3.91. The van der Waals surface area contributed by atoms with E-state index < -0.39 is 0 Å². The Hall–Kier alpha value is -1.13. The molecule has 2 N–H and O–H groups in total. The lowest BCUT2D eigenvalue weighted by atomic mass is 9.92. The van der Waals surface area contributed by atoms with Gasteiger partial charge in [0.05, 0.1) is 26.9 Å². The minimum atomic E-state index is -0.120. The van der Waals surface area contributed by atoms with E-state index in [2.05, 4.69) is 13.8 Å². The molecule has 0 amide bonds. The summed E-state index contributed by atoms with van der Waals surface area (Å²) in [6, 6.07) is 3.55. The summed E-state index contributed by atoms with van der Waals surface area (Å²) in [5, 5.41) is 0. The van der Waals surface area contributed by atoms with Crippen LogP contribution in [0, 0.1) is 5.92 Å². The van der Waals surface area contributed by atoms with Crippen LogP contribution in [-0.4, -0.2) is 21.3 Å². The Bertz CT molecular complexity index is 373. The standard InChI is InChI=1S/C14H23NO3.ClH/c1-6-9(2)14(15)13-11(17-4)7-10(16-3)8-12(13)18-5;/h7-9,14H,6,15H2,1-5H3;1H/t9?,14-;/m0./s1. The number of nitrogens with two attached hydrogens (primary N) is 1. The molecule has 1 aromatic carbocycles. The van der Waals surface area contributed by atoms with Gasteiger partial charge in [0.15, 0.2) is 0 Å². The van der Waals surface area contributed by atoms with E-state index in [-0.39, 0.29) is 18.4 Å². The summed E-state index contributed by atoms with van der Waals surface area (Å²) in [7, 11) is 4.87. The minimum Gasteiger partial charge on any atom is -0.496 e. The van der Waals surface area contributed by atoms with Crippen LogP contribution < -0.4 is 19.9 Å². The van der Waals surface area contributed by atoms with Crippen molar-refractivity contribution in [3.8, 4) is 17.2 Å². The van der Waals surface area contributed by atoms with Crippen LogP contribution in [0.2, 0.25) is 0 Å². The Labute approximate surface area is 121 Å². The topological polar surface area (TPSA) is 53.7 Å². The van der Waals surface area contributed by atoms with Crippen LogP contribution in [0.4, 0.5) is 0 Å². The summed E-state index contributed by atoms with van der Waals surface area (Å²) in [5.74, 6) is 2.46. The fourth-order valence-corrected chi connectivity index (χ4v) is 1.90. The molecule has 5 heteroatoms. The maximum atomic E-state index is 6.29. The quantitative estimate of drug-likeness (QED) is 0.874. The number of benzene rings is 1. The molecule has 0 spiro atoms. The lowest BCUT2D eigenvalue weighted by Crippen LogP contribution is -2.20. The molecule has 2 atom stereocenters. The van der Waals surface area contributed by atoms with Gasteiger partial charge < -0.3 is 19.9 Å². The van der Waals surface area contributed by atoms with E-state index in [9.17, 15) is 0 Å². The summed E-state index contributed by atoms with van der Waals surface area (Å²) >= 11 is 0. The third-order valence-electron chi connectivity index (χ3n) is 3.34. The number of ether oxygens (including phenoxy) is 3. The van der Waals surface area contributed by atoms with Crippen LogP contribution in [0.25, 0.3) is 0 Å². The summed E-state index contributed by atoms with van der Waals surface area (Å²) in [4.78, 5) is 0. The van der Waals surface area contributed by atoms with Gasteiger partial charge in [-0.2, -0.15) is 0 Å². The molecule has 0 saturated heterocycles. The largest absolute Gasteiger partial charge is 0.496 e. The van der Waals surface area contributed by atoms with Gasteiger partial charge in [0.25, 0.3) is 0 Å².